The molecule has 0 spiro atoms. The molecule has 1 saturated carbocycles. The van der Waals surface area contributed by atoms with Crippen LogP contribution in [0, 0.1) is 12.8 Å². The lowest BCUT2D eigenvalue weighted by molar-refractivity contribution is 0.126. The van der Waals surface area contributed by atoms with Crippen LogP contribution < -0.4 is 0 Å². The summed E-state index contributed by atoms with van der Waals surface area (Å²) in [6.07, 6.45) is 1.94. The van der Waals surface area contributed by atoms with Crippen molar-refractivity contribution in [2.75, 3.05) is 0 Å². The predicted octanol–water partition coefficient (Wildman–Crippen LogP) is 2.07. The van der Waals surface area contributed by atoms with Gasteiger partial charge in [-0.3, -0.25) is 0 Å². The molecule has 1 aliphatic rings. The van der Waals surface area contributed by atoms with E-state index in [4.69, 9.17) is 0 Å². The average Bonchev–Trinajstić information content (AvgIpc) is 2.50. The van der Waals surface area contributed by atoms with Crippen LogP contribution in [0.3, 0.4) is 0 Å². The molecule has 1 N–H and O–H groups in total. The Bertz CT molecular complexity index is 296. The quantitative estimate of drug-likeness (QED) is 0.761. The van der Waals surface area contributed by atoms with Gasteiger partial charge in [-0.25, -0.2) is 4.98 Å². The molecule has 12 heavy (non-hydrogen) atoms. The van der Waals surface area contributed by atoms with Crippen molar-refractivity contribution in [3.63, 3.8) is 0 Å². The zero-order chi connectivity index (χ0) is 8.77. The monoisotopic (exact) mass is 183 g/mol. The van der Waals surface area contributed by atoms with Crippen molar-refractivity contribution >= 4 is 11.3 Å². The van der Waals surface area contributed by atoms with E-state index in [1.165, 1.54) is 0 Å². The Kier molecular flexibility index (Phi) is 1.73. The smallest absolute Gasteiger partial charge is 0.111 e. The van der Waals surface area contributed by atoms with Crippen LogP contribution in [0.1, 0.15) is 30.5 Å². The van der Waals surface area contributed by atoms with Crippen molar-refractivity contribution < 1.29 is 5.11 Å². The van der Waals surface area contributed by atoms with Crippen molar-refractivity contribution in [2.45, 2.75) is 32.3 Å². The molecule has 0 amide bonds. The summed E-state index contributed by atoms with van der Waals surface area (Å²) in [5, 5.41) is 13.0. The van der Waals surface area contributed by atoms with E-state index in [1.54, 1.807) is 11.3 Å². The minimum absolute atomic E-state index is 0.444. The van der Waals surface area contributed by atoms with Gasteiger partial charge in [0.15, 0.2) is 0 Å². The van der Waals surface area contributed by atoms with Crippen molar-refractivity contribution in [1.29, 1.82) is 0 Å². The van der Waals surface area contributed by atoms with Crippen molar-refractivity contribution in [3.05, 3.63) is 16.1 Å². The lowest BCUT2D eigenvalue weighted by Crippen LogP contribution is -2.08. The summed E-state index contributed by atoms with van der Waals surface area (Å²) in [4.78, 5) is 4.31. The van der Waals surface area contributed by atoms with Crippen LogP contribution in [-0.4, -0.2) is 10.1 Å². The highest BCUT2D eigenvalue weighted by molar-refractivity contribution is 7.09. The third-order valence-corrected chi connectivity index (χ3v) is 3.40. The predicted molar refractivity (Wildman–Crippen MR) is 49.1 cm³/mol. The number of hydrogen-bond donors (Lipinski definition) is 1. The Morgan fingerprint density at radius 3 is 3.00 bits per heavy atom. The van der Waals surface area contributed by atoms with Gasteiger partial charge in [-0.15, -0.1) is 11.3 Å². The first-order valence-corrected chi connectivity index (χ1v) is 5.19. The summed E-state index contributed by atoms with van der Waals surface area (Å²) in [5.41, 5.74) is 0.316. The van der Waals surface area contributed by atoms with E-state index in [-0.39, 0.29) is 0 Å². The largest absolute Gasteiger partial charge is 0.383 e. The molecule has 1 fully saturated rings. The SMILES string of the molecule is CCC1CC1(O)c1csc(C)n1. The summed E-state index contributed by atoms with van der Waals surface area (Å²) >= 11 is 1.61. The normalized spacial score (nSPS) is 33.8. The molecule has 1 aliphatic carbocycles. The van der Waals surface area contributed by atoms with Gasteiger partial charge in [-0.2, -0.15) is 0 Å². The highest BCUT2D eigenvalue weighted by Crippen LogP contribution is 2.53. The van der Waals surface area contributed by atoms with Gasteiger partial charge in [0.2, 0.25) is 0 Å². The fourth-order valence-corrected chi connectivity index (χ4v) is 2.36. The van der Waals surface area contributed by atoms with Crippen molar-refractivity contribution in [3.8, 4) is 0 Å². The maximum atomic E-state index is 10.0. The highest BCUT2D eigenvalue weighted by Gasteiger charge is 2.54. The molecule has 0 bridgehead atoms. The van der Waals surface area contributed by atoms with Crippen LogP contribution >= 0.6 is 11.3 Å². The first kappa shape index (κ1) is 8.20. The van der Waals surface area contributed by atoms with Gasteiger partial charge < -0.3 is 5.11 Å². The summed E-state index contributed by atoms with van der Waals surface area (Å²) in [5.74, 6) is 0.444. The van der Waals surface area contributed by atoms with Crippen LogP contribution in [0.25, 0.3) is 0 Å². The first-order chi connectivity index (χ1) is 5.66. The standard InChI is InChI=1S/C9H13NOS/c1-3-7-4-9(7,11)8-5-12-6(2)10-8/h5,7,11H,3-4H2,1-2H3. The Morgan fingerprint density at radius 1 is 1.83 bits per heavy atom. The van der Waals surface area contributed by atoms with E-state index in [0.717, 1.165) is 23.5 Å². The second-order valence-electron chi connectivity index (χ2n) is 3.49. The maximum absolute atomic E-state index is 10.0. The minimum atomic E-state index is -0.570. The lowest BCUT2D eigenvalue weighted by atomic mass is 10.2. The first-order valence-electron chi connectivity index (χ1n) is 4.32. The molecule has 66 valence electrons. The number of thiazole rings is 1. The fraction of sp³-hybridized carbons (Fsp3) is 0.667. The van der Waals surface area contributed by atoms with Crippen LogP contribution in [0.15, 0.2) is 5.38 Å². The van der Waals surface area contributed by atoms with Crippen LogP contribution in [-0.2, 0) is 5.60 Å². The second kappa shape index (κ2) is 2.54. The Hall–Kier alpha value is -0.410. The number of aromatic nitrogens is 1. The molecule has 2 nitrogen and oxygen atoms in total. The van der Waals surface area contributed by atoms with Gasteiger partial charge in [0.25, 0.3) is 0 Å². The number of aliphatic hydroxyl groups is 1. The zero-order valence-electron chi connectivity index (χ0n) is 7.37. The highest BCUT2D eigenvalue weighted by atomic mass is 32.1. The van der Waals surface area contributed by atoms with Gasteiger partial charge >= 0.3 is 0 Å². The van der Waals surface area contributed by atoms with E-state index in [1.807, 2.05) is 12.3 Å². The summed E-state index contributed by atoms with van der Waals surface area (Å²) in [6.45, 7) is 4.09. The molecule has 0 radical (unpaired) electrons. The lowest BCUT2D eigenvalue weighted by Gasteiger charge is -2.04. The van der Waals surface area contributed by atoms with Crippen molar-refractivity contribution in [1.82, 2.24) is 4.98 Å². The molecule has 2 atom stereocenters. The summed E-state index contributed by atoms with van der Waals surface area (Å²) in [6, 6.07) is 0. The number of rotatable bonds is 2. The molecule has 0 aliphatic heterocycles. The number of aryl methyl sites for hydroxylation is 1. The van der Waals surface area contributed by atoms with Crippen LogP contribution in [0.4, 0.5) is 0 Å². The van der Waals surface area contributed by atoms with E-state index < -0.39 is 5.60 Å². The summed E-state index contributed by atoms with van der Waals surface area (Å²) < 4.78 is 0. The fourth-order valence-electron chi connectivity index (χ4n) is 1.67. The average molecular weight is 183 g/mol. The zero-order valence-corrected chi connectivity index (χ0v) is 8.19. The number of hydrogen-bond acceptors (Lipinski definition) is 3. The Morgan fingerprint density at radius 2 is 2.58 bits per heavy atom. The molecule has 0 saturated heterocycles. The van der Waals surface area contributed by atoms with E-state index in [0.29, 0.717) is 5.92 Å². The van der Waals surface area contributed by atoms with Gasteiger partial charge in [-0.05, 0) is 19.3 Å². The van der Waals surface area contributed by atoms with Crippen LogP contribution in [0.2, 0.25) is 0 Å². The molecule has 2 unspecified atom stereocenters. The van der Waals surface area contributed by atoms with Crippen LogP contribution in [0.5, 0.6) is 0 Å². The third-order valence-electron chi connectivity index (χ3n) is 2.63. The third kappa shape index (κ3) is 1.08. The van der Waals surface area contributed by atoms with E-state index >= 15 is 0 Å². The molecule has 0 aromatic carbocycles. The topological polar surface area (TPSA) is 33.1 Å². The summed E-state index contributed by atoms with van der Waals surface area (Å²) in [7, 11) is 0. The molecule has 1 aromatic heterocycles. The maximum Gasteiger partial charge on any atom is 0.111 e. The van der Waals surface area contributed by atoms with Crippen molar-refractivity contribution in [2.24, 2.45) is 5.92 Å². The molecule has 2 rings (SSSR count). The second-order valence-corrected chi connectivity index (χ2v) is 4.55. The van der Waals surface area contributed by atoms with E-state index in [9.17, 15) is 5.11 Å². The van der Waals surface area contributed by atoms with Gasteiger partial charge in [-0.1, -0.05) is 13.3 Å². The van der Waals surface area contributed by atoms with Gasteiger partial charge in [0, 0.05) is 5.38 Å². The van der Waals surface area contributed by atoms with Gasteiger partial charge in [0.05, 0.1) is 10.7 Å². The number of nitrogens with zero attached hydrogens (tertiary/aromatic N) is 1. The molecular weight excluding hydrogens is 170 g/mol. The minimum Gasteiger partial charge on any atom is -0.383 e. The van der Waals surface area contributed by atoms with Gasteiger partial charge in [0.1, 0.15) is 5.60 Å². The Balaban J connectivity index is 2.22. The molecular formula is C9H13NOS. The molecule has 1 aromatic rings. The Labute approximate surface area is 76.3 Å². The molecule has 1 heterocycles. The van der Waals surface area contributed by atoms with E-state index in [2.05, 4.69) is 11.9 Å². The molecule has 3 heteroatoms.